The van der Waals surface area contributed by atoms with Gasteiger partial charge in [0.05, 0.1) is 12.2 Å². The van der Waals surface area contributed by atoms with Crippen LogP contribution in [0.25, 0.3) is 0 Å². The second-order valence-corrected chi connectivity index (χ2v) is 10.9. The van der Waals surface area contributed by atoms with Crippen LogP contribution in [0.3, 0.4) is 0 Å². The van der Waals surface area contributed by atoms with Crippen LogP contribution in [0.5, 0.6) is 11.5 Å². The fourth-order valence-corrected chi connectivity index (χ4v) is 7.01. The number of cyclic esters (lactones) is 1. The van der Waals surface area contributed by atoms with Crippen molar-refractivity contribution in [3.05, 3.63) is 34.9 Å². The number of ketones is 1. The number of allylic oxidation sites excluding steroid dienone is 2. The van der Waals surface area contributed by atoms with Gasteiger partial charge in [0.1, 0.15) is 28.8 Å². The molecule has 1 fully saturated rings. The van der Waals surface area contributed by atoms with Gasteiger partial charge in [0.25, 0.3) is 0 Å². The summed E-state index contributed by atoms with van der Waals surface area (Å²) in [5.74, 6) is -1.41. The van der Waals surface area contributed by atoms with Crippen molar-refractivity contribution < 1.29 is 34.4 Å². The van der Waals surface area contributed by atoms with E-state index < -0.39 is 46.6 Å². The molecule has 1 aromatic rings. The molecule has 7 heteroatoms. The van der Waals surface area contributed by atoms with Crippen molar-refractivity contribution in [3.8, 4) is 11.5 Å². The Morgan fingerprint density at radius 2 is 1.81 bits per heavy atom. The number of carbonyl (C=O) groups is 2. The van der Waals surface area contributed by atoms with E-state index in [4.69, 9.17) is 9.47 Å². The van der Waals surface area contributed by atoms with Crippen LogP contribution >= 0.6 is 0 Å². The molecule has 0 unspecified atom stereocenters. The molecule has 5 rings (SSSR count). The fourth-order valence-electron chi connectivity index (χ4n) is 7.01. The average molecular weight is 443 g/mol. The second kappa shape index (κ2) is 6.35. The Morgan fingerprint density at radius 1 is 1.12 bits per heavy atom. The zero-order chi connectivity index (χ0) is 23.4. The summed E-state index contributed by atoms with van der Waals surface area (Å²) in [6.07, 6.45) is 1.71. The Bertz CT molecular complexity index is 1070. The average Bonchev–Trinajstić information content (AvgIpc) is 2.66. The SMILES string of the molecule is C[C@@H]1Cc2c(c(O)cc3c2[C@H](O)[C@H]2[C@@]4(C)C=CC(=O)C(C)(C)[C@@H]4C[C@H](O)[C@]2(C)O3)C(=O)O1. The standard InChI is InChI=1S/C25H30O7/c1-11-8-12-18(22(30)31-11)13(26)9-14-19(12)20(29)21-24(4)7-6-16(27)23(2,3)15(24)10-17(28)25(21,5)32-14/h6-7,9,11,15,17,20-21,26,28-29H,8,10H2,1-5H3/t11-,15+,17+,20+,21+,24+,25+/m1/s1. The third-order valence-corrected chi connectivity index (χ3v) is 8.62. The first-order valence-corrected chi connectivity index (χ1v) is 11.2. The van der Waals surface area contributed by atoms with Crippen LogP contribution in [0, 0.1) is 22.7 Å². The first-order valence-electron chi connectivity index (χ1n) is 11.2. The van der Waals surface area contributed by atoms with Gasteiger partial charge in [0.15, 0.2) is 5.78 Å². The Labute approximate surface area is 187 Å². The molecule has 3 N–H and O–H groups in total. The molecule has 32 heavy (non-hydrogen) atoms. The van der Waals surface area contributed by atoms with Gasteiger partial charge in [0.2, 0.25) is 0 Å². The molecule has 0 radical (unpaired) electrons. The molecular weight excluding hydrogens is 412 g/mol. The number of carbonyl (C=O) groups excluding carboxylic acids is 2. The number of ether oxygens (including phenoxy) is 2. The summed E-state index contributed by atoms with van der Waals surface area (Å²) in [6, 6.07) is 1.33. The Morgan fingerprint density at radius 3 is 2.50 bits per heavy atom. The monoisotopic (exact) mass is 442 g/mol. The van der Waals surface area contributed by atoms with Crippen molar-refractivity contribution in [2.24, 2.45) is 22.7 Å². The molecule has 0 bridgehead atoms. The van der Waals surface area contributed by atoms with Gasteiger partial charge in [-0.25, -0.2) is 4.79 Å². The quantitative estimate of drug-likeness (QED) is 0.530. The number of hydrogen-bond donors (Lipinski definition) is 3. The molecule has 172 valence electrons. The highest BCUT2D eigenvalue weighted by Gasteiger charge is 2.67. The van der Waals surface area contributed by atoms with Crippen molar-refractivity contribution in [2.45, 2.75) is 71.4 Å². The Balaban J connectivity index is 1.75. The highest BCUT2D eigenvalue weighted by Crippen LogP contribution is 2.65. The molecule has 2 aliphatic heterocycles. The molecule has 0 aromatic heterocycles. The summed E-state index contributed by atoms with van der Waals surface area (Å²) in [5, 5.41) is 33.7. The summed E-state index contributed by atoms with van der Waals surface area (Å²) >= 11 is 0. The highest BCUT2D eigenvalue weighted by atomic mass is 16.5. The summed E-state index contributed by atoms with van der Waals surface area (Å²) in [6.45, 7) is 9.33. The maximum atomic E-state index is 12.7. The van der Waals surface area contributed by atoms with E-state index in [2.05, 4.69) is 0 Å². The van der Waals surface area contributed by atoms with Gasteiger partial charge in [-0.15, -0.1) is 0 Å². The number of phenols is 1. The summed E-state index contributed by atoms with van der Waals surface area (Å²) < 4.78 is 11.7. The molecule has 1 saturated carbocycles. The van der Waals surface area contributed by atoms with Gasteiger partial charge in [-0.1, -0.05) is 26.8 Å². The van der Waals surface area contributed by atoms with E-state index in [1.165, 1.54) is 6.07 Å². The van der Waals surface area contributed by atoms with Gasteiger partial charge in [-0.05, 0) is 43.2 Å². The molecule has 4 aliphatic rings. The van der Waals surface area contributed by atoms with Crippen LogP contribution in [0.4, 0.5) is 0 Å². The van der Waals surface area contributed by atoms with Crippen LogP contribution in [-0.2, 0) is 16.0 Å². The molecular formula is C25H30O7. The minimum atomic E-state index is -1.15. The molecule has 7 atom stereocenters. The van der Waals surface area contributed by atoms with Crippen LogP contribution in [-0.4, -0.2) is 44.9 Å². The second-order valence-electron chi connectivity index (χ2n) is 10.9. The predicted octanol–water partition coefficient (Wildman–Crippen LogP) is 2.85. The molecule has 0 saturated heterocycles. The van der Waals surface area contributed by atoms with E-state index in [0.717, 1.165) is 0 Å². The minimum Gasteiger partial charge on any atom is -0.507 e. The van der Waals surface area contributed by atoms with Crippen LogP contribution in [0.15, 0.2) is 18.2 Å². The van der Waals surface area contributed by atoms with E-state index in [9.17, 15) is 24.9 Å². The number of phenolic OH excluding ortho intramolecular Hbond substituents is 1. The van der Waals surface area contributed by atoms with Crippen molar-refractivity contribution >= 4 is 11.8 Å². The number of hydrogen-bond acceptors (Lipinski definition) is 7. The van der Waals surface area contributed by atoms with E-state index in [1.807, 2.05) is 26.8 Å². The van der Waals surface area contributed by atoms with Crippen LogP contribution in [0.1, 0.15) is 68.6 Å². The van der Waals surface area contributed by atoms with E-state index in [-0.39, 0.29) is 28.8 Å². The van der Waals surface area contributed by atoms with Crippen molar-refractivity contribution in [2.75, 3.05) is 0 Å². The lowest BCUT2D eigenvalue weighted by Crippen LogP contribution is -2.68. The molecule has 1 aromatic carbocycles. The normalized spacial score (nSPS) is 41.5. The minimum absolute atomic E-state index is 0.00117. The number of aliphatic hydroxyl groups is 2. The van der Waals surface area contributed by atoms with Crippen LogP contribution < -0.4 is 4.74 Å². The van der Waals surface area contributed by atoms with Gasteiger partial charge in [-0.2, -0.15) is 0 Å². The maximum Gasteiger partial charge on any atom is 0.342 e. The summed E-state index contributed by atoms with van der Waals surface area (Å²) in [4.78, 5) is 25.2. The van der Waals surface area contributed by atoms with Crippen LogP contribution in [0.2, 0.25) is 0 Å². The molecule has 0 spiro atoms. The molecule has 2 aliphatic carbocycles. The zero-order valence-electron chi connectivity index (χ0n) is 19.0. The van der Waals surface area contributed by atoms with E-state index in [1.54, 1.807) is 19.9 Å². The zero-order valence-corrected chi connectivity index (χ0v) is 19.0. The molecule has 2 heterocycles. The number of esters is 1. The lowest BCUT2D eigenvalue weighted by molar-refractivity contribution is -0.220. The molecule has 7 nitrogen and oxygen atoms in total. The van der Waals surface area contributed by atoms with E-state index >= 15 is 0 Å². The predicted molar refractivity (Wildman–Crippen MR) is 114 cm³/mol. The largest absolute Gasteiger partial charge is 0.507 e. The maximum absolute atomic E-state index is 12.7. The summed E-state index contributed by atoms with van der Waals surface area (Å²) in [5.41, 5.74) is -1.47. The number of benzene rings is 1. The first-order chi connectivity index (χ1) is 14.8. The van der Waals surface area contributed by atoms with Gasteiger partial charge in [0, 0.05) is 29.4 Å². The fraction of sp³-hybridized carbons (Fsp3) is 0.600. The van der Waals surface area contributed by atoms with Gasteiger partial charge in [-0.3, -0.25) is 4.79 Å². The highest BCUT2D eigenvalue weighted by molar-refractivity contribution is 5.97. The third-order valence-electron chi connectivity index (χ3n) is 8.62. The molecule has 0 amide bonds. The van der Waals surface area contributed by atoms with E-state index in [0.29, 0.717) is 24.0 Å². The number of fused-ring (bicyclic) bond motifs is 6. The lowest BCUT2D eigenvalue weighted by atomic mass is 9.45. The summed E-state index contributed by atoms with van der Waals surface area (Å²) in [7, 11) is 0. The number of aromatic hydroxyl groups is 1. The third kappa shape index (κ3) is 2.49. The Hall–Kier alpha value is -2.38. The Kier molecular flexibility index (Phi) is 4.26. The van der Waals surface area contributed by atoms with Crippen molar-refractivity contribution in [1.29, 1.82) is 0 Å². The number of rotatable bonds is 0. The van der Waals surface area contributed by atoms with Gasteiger partial charge < -0.3 is 24.8 Å². The van der Waals surface area contributed by atoms with Crippen molar-refractivity contribution in [3.63, 3.8) is 0 Å². The van der Waals surface area contributed by atoms with Crippen molar-refractivity contribution in [1.82, 2.24) is 0 Å². The first kappa shape index (κ1) is 21.5. The number of aliphatic hydroxyl groups excluding tert-OH is 2. The van der Waals surface area contributed by atoms with Gasteiger partial charge >= 0.3 is 5.97 Å². The smallest absolute Gasteiger partial charge is 0.342 e. The topological polar surface area (TPSA) is 113 Å². The lowest BCUT2D eigenvalue weighted by Gasteiger charge is -2.63.